The molecule has 6 nitrogen and oxygen atoms in total. The summed E-state index contributed by atoms with van der Waals surface area (Å²) < 4.78 is 32.6. The highest BCUT2D eigenvalue weighted by Gasteiger charge is 2.35. The molecule has 0 bridgehead atoms. The number of rotatable bonds is 4. The van der Waals surface area contributed by atoms with Gasteiger partial charge < -0.3 is 10.1 Å². The van der Waals surface area contributed by atoms with Crippen LogP contribution in [-0.4, -0.2) is 28.0 Å². The Morgan fingerprint density at radius 1 is 1.03 bits per heavy atom. The zero-order valence-corrected chi connectivity index (χ0v) is 17.0. The molecule has 0 atom stereocenters. The maximum atomic E-state index is 13.2. The van der Waals surface area contributed by atoms with Crippen molar-refractivity contribution in [3.63, 3.8) is 0 Å². The minimum Gasteiger partial charge on any atom is -0.495 e. The molecule has 0 saturated carbocycles. The van der Waals surface area contributed by atoms with Crippen molar-refractivity contribution in [2.75, 3.05) is 23.3 Å². The Balaban J connectivity index is 1.66. The Kier molecular flexibility index (Phi) is 4.94. The highest BCUT2D eigenvalue weighted by Crippen LogP contribution is 2.42. The molecular weight excluding hydrogens is 412 g/mol. The fourth-order valence-corrected chi connectivity index (χ4v) is 5.23. The summed E-state index contributed by atoms with van der Waals surface area (Å²) in [4.78, 5) is 12.8. The molecule has 0 aromatic heterocycles. The molecule has 4 rings (SSSR count). The number of para-hydroxylation sites is 1. The Morgan fingerprint density at radius 2 is 1.72 bits per heavy atom. The van der Waals surface area contributed by atoms with Crippen molar-refractivity contribution in [2.24, 2.45) is 0 Å². The lowest BCUT2D eigenvalue weighted by Gasteiger charge is -2.31. The number of carbonyl (C=O) groups excluding carboxylic acids is 1. The number of halogens is 1. The normalized spacial score (nSPS) is 13.9. The number of hydrogen-bond donors (Lipinski definition) is 1. The van der Waals surface area contributed by atoms with E-state index in [-0.39, 0.29) is 11.4 Å². The maximum absolute atomic E-state index is 13.2. The second kappa shape index (κ2) is 7.42. The Labute approximate surface area is 173 Å². The van der Waals surface area contributed by atoms with Gasteiger partial charge in [-0.25, -0.2) is 8.42 Å². The summed E-state index contributed by atoms with van der Waals surface area (Å²) in [5.74, 6) is -0.00204. The Bertz CT molecular complexity index is 1210. The Hall–Kier alpha value is -3.03. The van der Waals surface area contributed by atoms with Gasteiger partial charge in [0.15, 0.2) is 0 Å². The molecule has 1 N–H and O–H groups in total. The maximum Gasteiger partial charge on any atom is 0.265 e. The van der Waals surface area contributed by atoms with Crippen LogP contribution >= 0.6 is 11.6 Å². The third-order valence-electron chi connectivity index (χ3n) is 4.64. The van der Waals surface area contributed by atoms with E-state index in [1.807, 2.05) is 12.1 Å². The largest absolute Gasteiger partial charge is 0.495 e. The molecule has 1 aliphatic heterocycles. The van der Waals surface area contributed by atoms with Crippen molar-refractivity contribution in [1.29, 1.82) is 0 Å². The van der Waals surface area contributed by atoms with Gasteiger partial charge in [-0.15, -0.1) is 0 Å². The SMILES string of the molecule is COc1ccc(NC(=O)CN2c3ccccc3-c3ccccc3S2(=O)=O)cc1Cl. The number of fused-ring (bicyclic) bond motifs is 3. The lowest BCUT2D eigenvalue weighted by atomic mass is 10.0. The number of nitrogens with one attached hydrogen (secondary N) is 1. The van der Waals surface area contributed by atoms with Crippen molar-refractivity contribution in [2.45, 2.75) is 4.90 Å². The first-order valence-corrected chi connectivity index (χ1v) is 10.6. The summed E-state index contributed by atoms with van der Waals surface area (Å²) in [6.45, 7) is -0.364. The number of anilines is 2. The molecule has 8 heteroatoms. The molecule has 148 valence electrons. The minimum atomic E-state index is -3.88. The third-order valence-corrected chi connectivity index (χ3v) is 6.75. The average Bonchev–Trinajstić information content (AvgIpc) is 2.71. The summed E-state index contributed by atoms with van der Waals surface area (Å²) in [5, 5.41) is 3.03. The highest BCUT2D eigenvalue weighted by atomic mass is 35.5. The summed E-state index contributed by atoms with van der Waals surface area (Å²) >= 11 is 6.09. The quantitative estimate of drug-likeness (QED) is 0.676. The number of sulfonamides is 1. The van der Waals surface area contributed by atoms with Gasteiger partial charge in [0.2, 0.25) is 5.91 Å². The number of carbonyl (C=O) groups is 1. The predicted molar refractivity (Wildman–Crippen MR) is 113 cm³/mol. The van der Waals surface area contributed by atoms with Crippen molar-refractivity contribution >= 4 is 38.9 Å². The van der Waals surface area contributed by atoms with Crippen LogP contribution in [-0.2, 0) is 14.8 Å². The summed E-state index contributed by atoms with van der Waals surface area (Å²) in [7, 11) is -2.38. The molecule has 1 heterocycles. The monoisotopic (exact) mass is 428 g/mol. The van der Waals surface area contributed by atoms with Gasteiger partial charge in [-0.3, -0.25) is 9.10 Å². The van der Waals surface area contributed by atoms with Crippen LogP contribution in [0.25, 0.3) is 11.1 Å². The molecule has 0 spiro atoms. The minimum absolute atomic E-state index is 0.180. The van der Waals surface area contributed by atoms with Crippen LogP contribution in [0.2, 0.25) is 5.02 Å². The lowest BCUT2D eigenvalue weighted by Crippen LogP contribution is -2.40. The van der Waals surface area contributed by atoms with Gasteiger partial charge in [-0.05, 0) is 30.3 Å². The van der Waals surface area contributed by atoms with Gasteiger partial charge in [0.1, 0.15) is 12.3 Å². The van der Waals surface area contributed by atoms with E-state index in [2.05, 4.69) is 5.32 Å². The average molecular weight is 429 g/mol. The van der Waals surface area contributed by atoms with Gasteiger partial charge in [-0.2, -0.15) is 0 Å². The van der Waals surface area contributed by atoms with E-state index in [4.69, 9.17) is 16.3 Å². The van der Waals surface area contributed by atoms with Crippen LogP contribution in [0.3, 0.4) is 0 Å². The van der Waals surface area contributed by atoms with Gasteiger partial charge in [0.25, 0.3) is 10.0 Å². The van der Waals surface area contributed by atoms with Crippen LogP contribution in [0.4, 0.5) is 11.4 Å². The second-order valence-electron chi connectivity index (χ2n) is 6.42. The van der Waals surface area contributed by atoms with Gasteiger partial charge in [-0.1, -0.05) is 48.0 Å². The molecule has 0 radical (unpaired) electrons. The van der Waals surface area contributed by atoms with E-state index >= 15 is 0 Å². The first kappa shape index (κ1) is 19.3. The number of benzene rings is 3. The zero-order valence-electron chi connectivity index (χ0n) is 15.4. The van der Waals surface area contributed by atoms with Crippen LogP contribution in [0.5, 0.6) is 5.75 Å². The lowest BCUT2D eigenvalue weighted by molar-refractivity contribution is -0.114. The molecule has 0 fully saturated rings. The highest BCUT2D eigenvalue weighted by molar-refractivity contribution is 7.93. The zero-order chi connectivity index (χ0) is 20.6. The van der Waals surface area contributed by atoms with Crippen LogP contribution < -0.4 is 14.4 Å². The molecule has 29 heavy (non-hydrogen) atoms. The smallest absolute Gasteiger partial charge is 0.265 e. The first-order valence-electron chi connectivity index (χ1n) is 8.76. The molecule has 0 saturated heterocycles. The molecular formula is C21H17ClN2O4S. The number of hydrogen-bond acceptors (Lipinski definition) is 4. The number of nitrogens with zero attached hydrogens (tertiary/aromatic N) is 1. The van der Waals surface area contributed by atoms with Crippen molar-refractivity contribution in [3.05, 3.63) is 71.8 Å². The molecule has 3 aromatic carbocycles. The van der Waals surface area contributed by atoms with Gasteiger partial charge in [0, 0.05) is 16.8 Å². The van der Waals surface area contributed by atoms with E-state index in [0.717, 1.165) is 9.87 Å². The number of ether oxygens (including phenoxy) is 1. The molecule has 0 aliphatic carbocycles. The van der Waals surface area contributed by atoms with E-state index in [1.165, 1.54) is 7.11 Å². The van der Waals surface area contributed by atoms with Crippen molar-refractivity contribution in [3.8, 4) is 16.9 Å². The second-order valence-corrected chi connectivity index (χ2v) is 8.66. The fraction of sp³-hybridized carbons (Fsp3) is 0.0952. The standard InChI is InChI=1S/C21H17ClN2O4S/c1-28-19-11-10-14(12-17(19)22)23-21(25)13-24-18-8-4-2-6-15(18)16-7-3-5-9-20(16)29(24,26)27/h2-12H,13H2,1H3,(H,23,25). The Morgan fingerprint density at radius 3 is 2.45 bits per heavy atom. The van der Waals surface area contributed by atoms with E-state index < -0.39 is 15.9 Å². The summed E-state index contributed by atoms with van der Waals surface area (Å²) in [6.07, 6.45) is 0. The number of methoxy groups -OCH3 is 1. The van der Waals surface area contributed by atoms with Crippen LogP contribution in [0.15, 0.2) is 71.6 Å². The predicted octanol–water partition coefficient (Wildman–Crippen LogP) is 4.16. The van der Waals surface area contributed by atoms with Crippen molar-refractivity contribution < 1.29 is 17.9 Å². The molecule has 3 aromatic rings. The fourth-order valence-electron chi connectivity index (χ4n) is 3.33. The molecule has 1 amide bonds. The number of amides is 1. The van der Waals surface area contributed by atoms with Crippen molar-refractivity contribution in [1.82, 2.24) is 0 Å². The first-order chi connectivity index (χ1) is 13.9. The molecule has 0 unspecified atom stereocenters. The van der Waals surface area contributed by atoms with Crippen LogP contribution in [0.1, 0.15) is 0 Å². The van der Waals surface area contributed by atoms with Gasteiger partial charge in [0.05, 0.1) is 22.7 Å². The van der Waals surface area contributed by atoms with E-state index in [1.54, 1.807) is 54.6 Å². The third kappa shape index (κ3) is 3.43. The van der Waals surface area contributed by atoms with Crippen LogP contribution in [0, 0.1) is 0 Å². The summed E-state index contributed by atoms with van der Waals surface area (Å²) in [5.41, 5.74) is 2.30. The van der Waals surface area contributed by atoms with E-state index in [0.29, 0.717) is 27.7 Å². The summed E-state index contributed by atoms with van der Waals surface area (Å²) in [6, 6.07) is 18.7. The molecule has 1 aliphatic rings. The topological polar surface area (TPSA) is 75.7 Å². The van der Waals surface area contributed by atoms with E-state index in [9.17, 15) is 13.2 Å². The van der Waals surface area contributed by atoms with Gasteiger partial charge >= 0.3 is 0 Å².